The summed E-state index contributed by atoms with van der Waals surface area (Å²) in [5.41, 5.74) is 7.46. The van der Waals surface area contributed by atoms with E-state index in [1.807, 2.05) is 35.9 Å². The Kier molecular flexibility index (Phi) is 7.93. The molecule has 24 heavy (non-hydrogen) atoms. The molecule has 0 aliphatic carbocycles. The number of nitrogens with two attached hydrogens (primary N) is 1. The Bertz CT molecular complexity index is 681. The SMILES string of the molecule is CC(=O)O.Cn1c(CN)nnc1SCc1ccc(CC(=O)O)cc1. The predicted molar refractivity (Wildman–Crippen MR) is 89.5 cm³/mol. The molecule has 2 rings (SSSR count). The summed E-state index contributed by atoms with van der Waals surface area (Å²) in [6.07, 6.45) is 0.0522. The van der Waals surface area contributed by atoms with Crippen molar-refractivity contribution >= 4 is 23.7 Å². The van der Waals surface area contributed by atoms with Crippen LogP contribution >= 0.6 is 11.8 Å². The topological polar surface area (TPSA) is 131 Å². The van der Waals surface area contributed by atoms with Crippen molar-refractivity contribution in [2.75, 3.05) is 0 Å². The molecule has 0 aliphatic rings. The van der Waals surface area contributed by atoms with Gasteiger partial charge in [-0.2, -0.15) is 0 Å². The Balaban J connectivity index is 0.000000648. The van der Waals surface area contributed by atoms with Crippen LogP contribution in [-0.4, -0.2) is 36.9 Å². The molecule has 0 saturated carbocycles. The van der Waals surface area contributed by atoms with E-state index in [2.05, 4.69) is 10.2 Å². The lowest BCUT2D eigenvalue weighted by atomic mass is 10.1. The van der Waals surface area contributed by atoms with Crippen LogP contribution in [0.15, 0.2) is 29.4 Å². The van der Waals surface area contributed by atoms with Gasteiger partial charge in [-0.25, -0.2) is 0 Å². The smallest absolute Gasteiger partial charge is 0.307 e. The fourth-order valence-electron chi connectivity index (χ4n) is 1.72. The van der Waals surface area contributed by atoms with Gasteiger partial charge in [0.25, 0.3) is 5.97 Å². The lowest BCUT2D eigenvalue weighted by Gasteiger charge is -2.04. The molecule has 130 valence electrons. The fraction of sp³-hybridized carbons (Fsp3) is 0.333. The molecule has 1 aromatic heterocycles. The average molecular weight is 352 g/mol. The van der Waals surface area contributed by atoms with Gasteiger partial charge in [-0.1, -0.05) is 36.0 Å². The lowest BCUT2D eigenvalue weighted by molar-refractivity contribution is -0.136. The maximum absolute atomic E-state index is 10.6. The summed E-state index contributed by atoms with van der Waals surface area (Å²) in [7, 11) is 1.89. The van der Waals surface area contributed by atoms with E-state index < -0.39 is 11.9 Å². The molecule has 0 aliphatic heterocycles. The highest BCUT2D eigenvalue weighted by atomic mass is 32.2. The van der Waals surface area contributed by atoms with Gasteiger partial charge < -0.3 is 20.5 Å². The zero-order valence-electron chi connectivity index (χ0n) is 13.5. The van der Waals surface area contributed by atoms with Crippen molar-refractivity contribution in [2.24, 2.45) is 12.8 Å². The molecule has 0 radical (unpaired) electrons. The number of benzene rings is 1. The number of hydrogen-bond acceptors (Lipinski definition) is 6. The molecule has 4 N–H and O–H groups in total. The lowest BCUT2D eigenvalue weighted by Crippen LogP contribution is -2.05. The molecular weight excluding hydrogens is 332 g/mol. The molecule has 1 aromatic carbocycles. The van der Waals surface area contributed by atoms with Crippen LogP contribution in [0.4, 0.5) is 0 Å². The van der Waals surface area contributed by atoms with Crippen molar-refractivity contribution in [2.45, 2.75) is 30.8 Å². The van der Waals surface area contributed by atoms with Crippen LogP contribution < -0.4 is 5.73 Å². The third-order valence-corrected chi connectivity index (χ3v) is 3.95. The maximum Gasteiger partial charge on any atom is 0.307 e. The van der Waals surface area contributed by atoms with Gasteiger partial charge >= 0.3 is 5.97 Å². The van der Waals surface area contributed by atoms with E-state index in [1.54, 1.807) is 11.8 Å². The number of carboxylic acid groups (broad SMARTS) is 2. The van der Waals surface area contributed by atoms with Gasteiger partial charge in [0.15, 0.2) is 5.16 Å². The molecule has 0 fully saturated rings. The molecule has 9 heteroatoms. The summed E-state index contributed by atoms with van der Waals surface area (Å²) < 4.78 is 1.88. The Morgan fingerprint density at radius 2 is 1.71 bits per heavy atom. The molecule has 0 unspecified atom stereocenters. The number of carboxylic acids is 2. The summed E-state index contributed by atoms with van der Waals surface area (Å²) in [6.45, 7) is 1.45. The second-order valence-electron chi connectivity index (χ2n) is 4.86. The molecule has 0 bridgehead atoms. The minimum atomic E-state index is -0.833. The highest BCUT2D eigenvalue weighted by Crippen LogP contribution is 2.21. The molecule has 2 aromatic rings. The number of hydrogen-bond donors (Lipinski definition) is 3. The first-order valence-corrected chi connectivity index (χ1v) is 8.02. The number of carbonyl (C=O) groups is 2. The minimum Gasteiger partial charge on any atom is -0.481 e. The largest absolute Gasteiger partial charge is 0.481 e. The normalized spacial score (nSPS) is 9.96. The first kappa shape index (κ1) is 19.7. The maximum atomic E-state index is 10.6. The van der Waals surface area contributed by atoms with Crippen molar-refractivity contribution in [3.8, 4) is 0 Å². The summed E-state index contributed by atoms with van der Waals surface area (Å²) in [5, 5.41) is 25.0. The van der Waals surface area contributed by atoms with Gasteiger partial charge in [0, 0.05) is 19.7 Å². The summed E-state index contributed by atoms with van der Waals surface area (Å²) >= 11 is 1.57. The van der Waals surface area contributed by atoms with E-state index in [0.29, 0.717) is 6.54 Å². The average Bonchev–Trinajstić information content (AvgIpc) is 2.86. The van der Waals surface area contributed by atoms with Crippen molar-refractivity contribution in [1.82, 2.24) is 14.8 Å². The number of thioether (sulfide) groups is 1. The van der Waals surface area contributed by atoms with E-state index in [1.165, 1.54) is 0 Å². The monoisotopic (exact) mass is 352 g/mol. The molecule has 8 nitrogen and oxygen atoms in total. The van der Waals surface area contributed by atoms with Gasteiger partial charge in [0.05, 0.1) is 13.0 Å². The molecule has 1 heterocycles. The summed E-state index contributed by atoms with van der Waals surface area (Å²) in [5.74, 6) is -0.144. The van der Waals surface area contributed by atoms with E-state index in [4.69, 9.17) is 20.7 Å². The van der Waals surface area contributed by atoms with Crippen LogP contribution in [-0.2, 0) is 35.4 Å². The Morgan fingerprint density at radius 1 is 1.17 bits per heavy atom. The van der Waals surface area contributed by atoms with Crippen molar-refractivity contribution in [1.29, 1.82) is 0 Å². The third-order valence-electron chi connectivity index (χ3n) is 2.85. The Hall–Kier alpha value is -2.39. The number of rotatable bonds is 6. The highest BCUT2D eigenvalue weighted by Gasteiger charge is 2.08. The molecule has 0 atom stereocenters. The molecule has 0 saturated heterocycles. The van der Waals surface area contributed by atoms with E-state index in [9.17, 15) is 4.79 Å². The van der Waals surface area contributed by atoms with Crippen LogP contribution in [0.1, 0.15) is 23.9 Å². The fourth-order valence-corrected chi connectivity index (χ4v) is 2.61. The highest BCUT2D eigenvalue weighted by molar-refractivity contribution is 7.98. The van der Waals surface area contributed by atoms with Crippen LogP contribution in [0.2, 0.25) is 0 Å². The van der Waals surface area contributed by atoms with Crippen molar-refractivity contribution < 1.29 is 19.8 Å². The van der Waals surface area contributed by atoms with Gasteiger partial charge in [0.2, 0.25) is 0 Å². The Labute approximate surface area is 143 Å². The quantitative estimate of drug-likeness (QED) is 0.663. The van der Waals surface area contributed by atoms with E-state index >= 15 is 0 Å². The second-order valence-corrected chi connectivity index (χ2v) is 5.80. The first-order valence-electron chi connectivity index (χ1n) is 7.03. The van der Waals surface area contributed by atoms with Crippen LogP contribution in [0.3, 0.4) is 0 Å². The zero-order chi connectivity index (χ0) is 18.1. The number of aromatic nitrogens is 3. The number of nitrogens with zero attached hydrogens (tertiary/aromatic N) is 3. The Morgan fingerprint density at radius 3 is 2.17 bits per heavy atom. The van der Waals surface area contributed by atoms with Gasteiger partial charge in [-0.3, -0.25) is 9.59 Å². The van der Waals surface area contributed by atoms with E-state index in [-0.39, 0.29) is 6.42 Å². The minimum absolute atomic E-state index is 0.0522. The van der Waals surface area contributed by atoms with Gasteiger partial charge in [-0.05, 0) is 11.1 Å². The van der Waals surface area contributed by atoms with Crippen molar-refractivity contribution in [3.05, 3.63) is 41.2 Å². The van der Waals surface area contributed by atoms with Crippen LogP contribution in [0.25, 0.3) is 0 Å². The second kappa shape index (κ2) is 9.68. The third kappa shape index (κ3) is 6.80. The summed E-state index contributed by atoms with van der Waals surface area (Å²) in [4.78, 5) is 19.6. The van der Waals surface area contributed by atoms with E-state index in [0.717, 1.165) is 34.8 Å². The van der Waals surface area contributed by atoms with Gasteiger partial charge in [0.1, 0.15) is 5.82 Å². The molecule has 0 amide bonds. The standard InChI is InChI=1S/C13H16N4O2S.C2H4O2/c1-17-11(7-14)15-16-13(17)20-8-10-4-2-9(3-5-10)6-12(18)19;1-2(3)4/h2-5H,6-8,14H2,1H3,(H,18,19);1H3,(H,3,4). The first-order chi connectivity index (χ1) is 11.3. The van der Waals surface area contributed by atoms with Crippen LogP contribution in [0, 0.1) is 0 Å². The number of aliphatic carboxylic acids is 2. The molecule has 0 spiro atoms. The molecular formula is C15H20N4O4S. The predicted octanol–water partition coefficient (Wildman–Crippen LogP) is 1.28. The summed E-state index contributed by atoms with van der Waals surface area (Å²) in [6, 6.07) is 7.55. The van der Waals surface area contributed by atoms with Crippen LogP contribution in [0.5, 0.6) is 0 Å². The zero-order valence-corrected chi connectivity index (χ0v) is 14.3. The van der Waals surface area contributed by atoms with Gasteiger partial charge in [-0.15, -0.1) is 10.2 Å². The van der Waals surface area contributed by atoms with Crippen molar-refractivity contribution in [3.63, 3.8) is 0 Å².